The first-order valence-corrected chi connectivity index (χ1v) is 8.30. The van der Waals surface area contributed by atoms with E-state index in [0.29, 0.717) is 6.42 Å². The van der Waals surface area contributed by atoms with Gasteiger partial charge in [0.1, 0.15) is 0 Å². The van der Waals surface area contributed by atoms with Crippen molar-refractivity contribution in [3.05, 3.63) is 24.3 Å². The number of carbonyl (C=O) groups is 1. The largest absolute Gasteiger partial charge is 0.481 e. The molecular weight excluding hydrogens is 248 g/mol. The highest BCUT2D eigenvalue weighted by Crippen LogP contribution is 2.10. The maximum absolute atomic E-state index is 10.3. The number of unbranched alkanes of at least 4 members (excludes halogenated alkanes) is 9. The predicted molar refractivity (Wildman–Crippen MR) is 87.0 cm³/mol. The van der Waals surface area contributed by atoms with Gasteiger partial charge in [0.15, 0.2) is 0 Å². The van der Waals surface area contributed by atoms with Crippen LogP contribution >= 0.6 is 0 Å². The van der Waals surface area contributed by atoms with Crippen LogP contribution in [0.15, 0.2) is 24.3 Å². The van der Waals surface area contributed by atoms with Crippen molar-refractivity contribution >= 4 is 5.97 Å². The topological polar surface area (TPSA) is 37.3 Å². The molecule has 0 unspecified atom stereocenters. The summed E-state index contributed by atoms with van der Waals surface area (Å²) < 4.78 is 0. The fourth-order valence-electron chi connectivity index (χ4n) is 2.09. The summed E-state index contributed by atoms with van der Waals surface area (Å²) in [4.78, 5) is 10.3. The smallest absolute Gasteiger partial charge is 0.303 e. The molecule has 116 valence electrons. The van der Waals surface area contributed by atoms with E-state index >= 15 is 0 Å². The van der Waals surface area contributed by atoms with Crippen LogP contribution in [0.1, 0.15) is 84.0 Å². The SMILES string of the molecule is CCCC/C=C\C=C\CCCCCCCCCC(=O)O. The highest BCUT2D eigenvalue weighted by molar-refractivity contribution is 5.66. The van der Waals surface area contributed by atoms with E-state index in [4.69, 9.17) is 5.11 Å². The molecule has 0 saturated heterocycles. The van der Waals surface area contributed by atoms with Gasteiger partial charge in [-0.2, -0.15) is 0 Å². The molecule has 1 N–H and O–H groups in total. The van der Waals surface area contributed by atoms with E-state index in [2.05, 4.69) is 31.2 Å². The van der Waals surface area contributed by atoms with E-state index in [0.717, 1.165) is 12.8 Å². The van der Waals surface area contributed by atoms with E-state index in [1.165, 1.54) is 57.8 Å². The molecule has 0 atom stereocenters. The van der Waals surface area contributed by atoms with Crippen LogP contribution in [0.4, 0.5) is 0 Å². The maximum atomic E-state index is 10.3. The van der Waals surface area contributed by atoms with Gasteiger partial charge in [0.25, 0.3) is 0 Å². The van der Waals surface area contributed by atoms with Crippen molar-refractivity contribution in [3.63, 3.8) is 0 Å². The van der Waals surface area contributed by atoms with Crippen molar-refractivity contribution in [2.75, 3.05) is 0 Å². The van der Waals surface area contributed by atoms with Crippen molar-refractivity contribution < 1.29 is 9.90 Å². The summed E-state index contributed by atoms with van der Waals surface area (Å²) in [6.07, 6.45) is 22.3. The fraction of sp³-hybridized carbons (Fsp3) is 0.722. The van der Waals surface area contributed by atoms with E-state index < -0.39 is 5.97 Å². The summed E-state index contributed by atoms with van der Waals surface area (Å²) in [5, 5.41) is 8.51. The lowest BCUT2D eigenvalue weighted by atomic mass is 10.1. The lowest BCUT2D eigenvalue weighted by Gasteiger charge is -1.99. The number of aliphatic carboxylic acids is 1. The van der Waals surface area contributed by atoms with Gasteiger partial charge in [0.05, 0.1) is 0 Å². The van der Waals surface area contributed by atoms with Gasteiger partial charge in [0, 0.05) is 6.42 Å². The maximum Gasteiger partial charge on any atom is 0.303 e. The van der Waals surface area contributed by atoms with Gasteiger partial charge in [-0.3, -0.25) is 4.79 Å². The quantitative estimate of drug-likeness (QED) is 0.318. The van der Waals surface area contributed by atoms with Crippen molar-refractivity contribution in [3.8, 4) is 0 Å². The standard InChI is InChI=1S/C18H32O2/c1-2-3-4-5-6-7-8-9-10-11-12-13-14-15-16-17-18(19)20/h5-8H,2-4,9-17H2,1H3,(H,19,20)/b6-5-,8-7+. The van der Waals surface area contributed by atoms with Crippen LogP contribution in [-0.2, 0) is 4.79 Å². The minimum Gasteiger partial charge on any atom is -0.481 e. The van der Waals surface area contributed by atoms with Crippen LogP contribution in [0.3, 0.4) is 0 Å². The Morgan fingerprint density at radius 2 is 1.30 bits per heavy atom. The highest BCUT2D eigenvalue weighted by atomic mass is 16.4. The molecule has 0 bridgehead atoms. The van der Waals surface area contributed by atoms with Crippen LogP contribution < -0.4 is 0 Å². The van der Waals surface area contributed by atoms with E-state index in [-0.39, 0.29) is 0 Å². The zero-order valence-corrected chi connectivity index (χ0v) is 13.2. The first kappa shape index (κ1) is 18.9. The van der Waals surface area contributed by atoms with Gasteiger partial charge in [-0.15, -0.1) is 0 Å². The van der Waals surface area contributed by atoms with Crippen LogP contribution in [0, 0.1) is 0 Å². The van der Waals surface area contributed by atoms with E-state index in [1.807, 2.05) is 0 Å². The van der Waals surface area contributed by atoms with Crippen molar-refractivity contribution in [1.29, 1.82) is 0 Å². The molecule has 0 aromatic heterocycles. The van der Waals surface area contributed by atoms with Crippen molar-refractivity contribution in [2.45, 2.75) is 84.0 Å². The van der Waals surface area contributed by atoms with Gasteiger partial charge in [-0.05, 0) is 25.7 Å². The number of hydrogen-bond donors (Lipinski definition) is 1. The molecule has 0 heterocycles. The second-order valence-corrected chi connectivity index (χ2v) is 5.41. The Balaban J connectivity index is 3.14. The monoisotopic (exact) mass is 280 g/mol. The fourth-order valence-corrected chi connectivity index (χ4v) is 2.09. The van der Waals surface area contributed by atoms with Crippen LogP contribution in [0.25, 0.3) is 0 Å². The Hall–Kier alpha value is -1.05. The van der Waals surface area contributed by atoms with Gasteiger partial charge >= 0.3 is 5.97 Å². The molecule has 0 radical (unpaired) electrons. The Morgan fingerprint density at radius 1 is 0.800 bits per heavy atom. The summed E-state index contributed by atoms with van der Waals surface area (Å²) >= 11 is 0. The normalized spacial score (nSPS) is 11.7. The third-order valence-electron chi connectivity index (χ3n) is 3.37. The number of hydrogen-bond acceptors (Lipinski definition) is 1. The summed E-state index contributed by atoms with van der Waals surface area (Å²) in [5.74, 6) is -0.666. The summed E-state index contributed by atoms with van der Waals surface area (Å²) in [7, 11) is 0. The number of rotatable bonds is 14. The van der Waals surface area contributed by atoms with E-state index in [1.54, 1.807) is 0 Å². The van der Waals surface area contributed by atoms with Gasteiger partial charge < -0.3 is 5.11 Å². The lowest BCUT2D eigenvalue weighted by Crippen LogP contribution is -1.93. The molecule has 2 nitrogen and oxygen atoms in total. The van der Waals surface area contributed by atoms with E-state index in [9.17, 15) is 4.79 Å². The molecule has 0 aromatic rings. The number of carboxylic acids is 1. The molecule has 0 aromatic carbocycles. The molecule has 0 spiro atoms. The number of allylic oxidation sites excluding steroid dienone is 4. The van der Waals surface area contributed by atoms with Crippen LogP contribution in [0.5, 0.6) is 0 Å². The average Bonchev–Trinajstić information content (AvgIpc) is 2.43. The lowest BCUT2D eigenvalue weighted by molar-refractivity contribution is -0.137. The Morgan fingerprint density at radius 3 is 1.85 bits per heavy atom. The minimum atomic E-state index is -0.666. The van der Waals surface area contributed by atoms with Crippen molar-refractivity contribution in [1.82, 2.24) is 0 Å². The van der Waals surface area contributed by atoms with Crippen molar-refractivity contribution in [2.24, 2.45) is 0 Å². The van der Waals surface area contributed by atoms with Gasteiger partial charge in [-0.1, -0.05) is 76.2 Å². The third-order valence-corrected chi connectivity index (χ3v) is 3.37. The molecular formula is C18H32O2. The third kappa shape index (κ3) is 16.9. The first-order chi connectivity index (χ1) is 9.77. The van der Waals surface area contributed by atoms with Gasteiger partial charge in [0.2, 0.25) is 0 Å². The highest BCUT2D eigenvalue weighted by Gasteiger charge is 1.96. The Labute approximate surface area is 125 Å². The zero-order valence-electron chi connectivity index (χ0n) is 13.2. The molecule has 2 heteroatoms. The molecule has 0 fully saturated rings. The molecule has 0 aliphatic carbocycles. The van der Waals surface area contributed by atoms with Crippen LogP contribution in [-0.4, -0.2) is 11.1 Å². The van der Waals surface area contributed by atoms with Crippen LogP contribution in [0.2, 0.25) is 0 Å². The molecule has 0 aliphatic rings. The molecule has 0 rings (SSSR count). The summed E-state index contributed by atoms with van der Waals surface area (Å²) in [5.41, 5.74) is 0. The Bertz CT molecular complexity index is 267. The zero-order chi connectivity index (χ0) is 14.9. The molecule has 0 aliphatic heterocycles. The van der Waals surface area contributed by atoms with Gasteiger partial charge in [-0.25, -0.2) is 0 Å². The number of carboxylic acid groups (broad SMARTS) is 1. The Kier molecular flexibility index (Phi) is 15.2. The summed E-state index contributed by atoms with van der Waals surface area (Å²) in [6, 6.07) is 0. The minimum absolute atomic E-state index is 0.330. The molecule has 0 saturated carbocycles. The second-order valence-electron chi connectivity index (χ2n) is 5.41. The summed E-state index contributed by atoms with van der Waals surface area (Å²) in [6.45, 7) is 2.22. The second kappa shape index (κ2) is 16.0. The molecule has 20 heavy (non-hydrogen) atoms. The predicted octanol–water partition coefficient (Wildman–Crippen LogP) is 5.88. The first-order valence-electron chi connectivity index (χ1n) is 8.30. The molecule has 0 amide bonds. The average molecular weight is 280 g/mol.